The topological polar surface area (TPSA) is 21.3 Å². The van der Waals surface area contributed by atoms with E-state index in [0.29, 0.717) is 5.92 Å². The molecule has 2 nitrogen and oxygen atoms in total. The van der Waals surface area contributed by atoms with Crippen LogP contribution in [0.25, 0.3) is 0 Å². The number of benzene rings is 1. The van der Waals surface area contributed by atoms with Gasteiger partial charge in [0.15, 0.2) is 0 Å². The Morgan fingerprint density at radius 3 is 2.61 bits per heavy atom. The van der Waals surface area contributed by atoms with Crippen LogP contribution in [0, 0.1) is 5.92 Å². The summed E-state index contributed by atoms with van der Waals surface area (Å²) in [5.74, 6) is 1.60. The molecule has 1 aromatic carbocycles. The molecule has 1 N–H and O–H groups in total. The number of nitrogens with one attached hydrogen (secondary N) is 1. The summed E-state index contributed by atoms with van der Waals surface area (Å²) in [6.45, 7) is 12.7. The van der Waals surface area contributed by atoms with Crippen LogP contribution < -0.4 is 10.1 Å². The summed E-state index contributed by atoms with van der Waals surface area (Å²) in [6, 6.07) is 8.42. The third-order valence-electron chi connectivity index (χ3n) is 2.77. The van der Waals surface area contributed by atoms with E-state index in [-0.39, 0.29) is 5.54 Å². The van der Waals surface area contributed by atoms with E-state index in [1.54, 1.807) is 0 Å². The van der Waals surface area contributed by atoms with Crippen molar-refractivity contribution in [2.45, 2.75) is 46.6 Å². The van der Waals surface area contributed by atoms with Crippen LogP contribution in [0.5, 0.6) is 5.75 Å². The highest BCUT2D eigenvalue weighted by atomic mass is 16.5. The van der Waals surface area contributed by atoms with Gasteiger partial charge < -0.3 is 10.1 Å². The van der Waals surface area contributed by atoms with Crippen LogP contribution in [0.3, 0.4) is 0 Å². The van der Waals surface area contributed by atoms with E-state index in [0.717, 1.165) is 25.3 Å². The van der Waals surface area contributed by atoms with Crippen LogP contribution in [0.15, 0.2) is 24.3 Å². The average Bonchev–Trinajstić information content (AvgIpc) is 2.26. The van der Waals surface area contributed by atoms with Crippen molar-refractivity contribution in [2.75, 3.05) is 13.2 Å². The lowest BCUT2D eigenvalue weighted by molar-refractivity contribution is 0.339. The fraction of sp³-hybridized carbons (Fsp3) is 0.625. The smallest absolute Gasteiger partial charge is 0.119 e. The van der Waals surface area contributed by atoms with Crippen molar-refractivity contribution in [1.82, 2.24) is 5.32 Å². The van der Waals surface area contributed by atoms with Crippen molar-refractivity contribution >= 4 is 0 Å². The molecule has 0 amide bonds. The van der Waals surface area contributed by atoms with Crippen molar-refractivity contribution in [3.63, 3.8) is 0 Å². The standard InChI is InChI=1S/C16H27NO/c1-6-18-15-9-7-8-14(11-15)10-13(2)12-17-16(3,4)5/h7-9,11,13,17H,6,10,12H2,1-5H3. The third-order valence-corrected chi connectivity index (χ3v) is 2.77. The molecule has 102 valence electrons. The van der Waals surface area contributed by atoms with E-state index < -0.39 is 0 Å². The molecule has 1 rings (SSSR count). The Bertz CT molecular complexity index is 354. The normalized spacial score (nSPS) is 13.4. The first kappa shape index (κ1) is 15.0. The molecule has 0 aromatic heterocycles. The number of hydrogen-bond donors (Lipinski definition) is 1. The van der Waals surface area contributed by atoms with Crippen molar-refractivity contribution in [2.24, 2.45) is 5.92 Å². The Hall–Kier alpha value is -1.02. The number of rotatable bonds is 6. The molecule has 0 fully saturated rings. The molecule has 0 spiro atoms. The van der Waals surface area contributed by atoms with Gasteiger partial charge >= 0.3 is 0 Å². The predicted octanol–water partition coefficient (Wildman–Crippen LogP) is 3.65. The van der Waals surface area contributed by atoms with Crippen LogP contribution in [-0.4, -0.2) is 18.7 Å². The quantitative estimate of drug-likeness (QED) is 0.831. The fourth-order valence-electron chi connectivity index (χ4n) is 1.88. The van der Waals surface area contributed by atoms with Gasteiger partial charge in [-0.15, -0.1) is 0 Å². The summed E-state index contributed by atoms with van der Waals surface area (Å²) in [4.78, 5) is 0. The highest BCUT2D eigenvalue weighted by molar-refractivity contribution is 5.28. The highest BCUT2D eigenvalue weighted by Gasteiger charge is 2.11. The van der Waals surface area contributed by atoms with Gasteiger partial charge in [-0.2, -0.15) is 0 Å². The van der Waals surface area contributed by atoms with Gasteiger partial charge in [-0.25, -0.2) is 0 Å². The minimum absolute atomic E-state index is 0.196. The van der Waals surface area contributed by atoms with Crippen molar-refractivity contribution in [1.29, 1.82) is 0 Å². The van der Waals surface area contributed by atoms with E-state index in [4.69, 9.17) is 4.74 Å². The van der Waals surface area contributed by atoms with Gasteiger partial charge in [0.2, 0.25) is 0 Å². The Kier molecular flexibility index (Phi) is 5.67. The minimum atomic E-state index is 0.196. The van der Waals surface area contributed by atoms with Crippen molar-refractivity contribution in [3.8, 4) is 5.75 Å². The average molecular weight is 249 g/mol. The summed E-state index contributed by atoms with van der Waals surface area (Å²) in [5.41, 5.74) is 1.55. The molecular weight excluding hydrogens is 222 g/mol. The maximum atomic E-state index is 5.53. The van der Waals surface area contributed by atoms with Gasteiger partial charge in [0.05, 0.1) is 6.61 Å². The molecule has 2 heteroatoms. The molecule has 1 aromatic rings. The molecule has 1 atom stereocenters. The van der Waals surface area contributed by atoms with Crippen LogP contribution in [0.4, 0.5) is 0 Å². The first-order chi connectivity index (χ1) is 8.40. The zero-order valence-corrected chi connectivity index (χ0v) is 12.4. The Morgan fingerprint density at radius 2 is 2.00 bits per heavy atom. The zero-order valence-electron chi connectivity index (χ0n) is 12.4. The highest BCUT2D eigenvalue weighted by Crippen LogP contribution is 2.16. The lowest BCUT2D eigenvalue weighted by Gasteiger charge is -2.23. The summed E-state index contributed by atoms with van der Waals surface area (Å²) in [7, 11) is 0. The molecular formula is C16H27NO. The molecule has 0 aliphatic rings. The van der Waals surface area contributed by atoms with Crippen LogP contribution in [0.1, 0.15) is 40.2 Å². The molecule has 0 heterocycles. The van der Waals surface area contributed by atoms with Crippen molar-refractivity contribution in [3.05, 3.63) is 29.8 Å². The number of hydrogen-bond acceptors (Lipinski definition) is 2. The fourth-order valence-corrected chi connectivity index (χ4v) is 1.88. The molecule has 0 saturated carbocycles. The minimum Gasteiger partial charge on any atom is -0.494 e. The van der Waals surface area contributed by atoms with Crippen molar-refractivity contribution < 1.29 is 4.74 Å². The maximum absolute atomic E-state index is 5.53. The van der Waals surface area contributed by atoms with Crippen LogP contribution >= 0.6 is 0 Å². The third kappa shape index (κ3) is 6.06. The van der Waals surface area contributed by atoms with Gasteiger partial charge in [0, 0.05) is 5.54 Å². The molecule has 0 saturated heterocycles. The molecule has 18 heavy (non-hydrogen) atoms. The second-order valence-electron chi connectivity index (χ2n) is 6.02. The molecule has 0 aliphatic carbocycles. The van der Waals surface area contributed by atoms with E-state index >= 15 is 0 Å². The van der Waals surface area contributed by atoms with E-state index in [9.17, 15) is 0 Å². The summed E-state index contributed by atoms with van der Waals surface area (Å²) in [6.07, 6.45) is 1.09. The second kappa shape index (κ2) is 6.79. The zero-order chi connectivity index (χ0) is 13.6. The van der Waals surface area contributed by atoms with Crippen LogP contribution in [-0.2, 0) is 6.42 Å². The number of ether oxygens (including phenoxy) is 1. The monoisotopic (exact) mass is 249 g/mol. The Morgan fingerprint density at radius 1 is 1.28 bits per heavy atom. The molecule has 0 radical (unpaired) electrons. The summed E-state index contributed by atoms with van der Waals surface area (Å²) >= 11 is 0. The van der Waals surface area contributed by atoms with Gasteiger partial charge in [-0.1, -0.05) is 19.1 Å². The van der Waals surface area contributed by atoms with Crippen LogP contribution in [0.2, 0.25) is 0 Å². The molecule has 1 unspecified atom stereocenters. The first-order valence-corrected chi connectivity index (χ1v) is 6.87. The SMILES string of the molecule is CCOc1cccc(CC(C)CNC(C)(C)C)c1. The summed E-state index contributed by atoms with van der Waals surface area (Å²) < 4.78 is 5.53. The molecule has 0 aliphatic heterocycles. The summed E-state index contributed by atoms with van der Waals surface area (Å²) in [5, 5.41) is 3.55. The largest absolute Gasteiger partial charge is 0.494 e. The first-order valence-electron chi connectivity index (χ1n) is 6.87. The predicted molar refractivity (Wildman–Crippen MR) is 78.2 cm³/mol. The Balaban J connectivity index is 2.48. The van der Waals surface area contributed by atoms with E-state index in [1.165, 1.54) is 5.56 Å². The Labute approximate surface area is 112 Å². The lowest BCUT2D eigenvalue weighted by atomic mass is 9.99. The van der Waals surface area contributed by atoms with Gasteiger partial charge in [-0.3, -0.25) is 0 Å². The van der Waals surface area contributed by atoms with Gasteiger partial charge in [0.1, 0.15) is 5.75 Å². The van der Waals surface area contributed by atoms with Gasteiger partial charge in [-0.05, 0) is 64.3 Å². The second-order valence-corrected chi connectivity index (χ2v) is 6.02. The maximum Gasteiger partial charge on any atom is 0.119 e. The van der Waals surface area contributed by atoms with E-state index in [1.807, 2.05) is 13.0 Å². The van der Waals surface area contributed by atoms with Gasteiger partial charge in [0.25, 0.3) is 0 Å². The lowest BCUT2D eigenvalue weighted by Crippen LogP contribution is -2.39. The van der Waals surface area contributed by atoms with E-state index in [2.05, 4.69) is 51.2 Å². The molecule has 0 bridgehead atoms.